The van der Waals surface area contributed by atoms with Crippen LogP contribution in [0.5, 0.6) is 5.75 Å². The lowest BCUT2D eigenvalue weighted by atomic mass is 10.1. The summed E-state index contributed by atoms with van der Waals surface area (Å²) in [7, 11) is 0. The van der Waals surface area contributed by atoms with Gasteiger partial charge in [0.1, 0.15) is 17.4 Å². The number of benzene rings is 2. The van der Waals surface area contributed by atoms with E-state index in [0.29, 0.717) is 26.4 Å². The third-order valence-corrected chi connectivity index (χ3v) is 3.75. The predicted octanol–water partition coefficient (Wildman–Crippen LogP) is 4.92. The van der Waals surface area contributed by atoms with Crippen molar-refractivity contribution in [1.29, 1.82) is 0 Å². The van der Waals surface area contributed by atoms with E-state index in [-0.39, 0.29) is 12.2 Å². The Labute approximate surface area is 130 Å². The minimum absolute atomic E-state index is 0.125. The Hall–Kier alpha value is -1.42. The summed E-state index contributed by atoms with van der Waals surface area (Å²) >= 11 is 17.9. The Balaban J connectivity index is 2.15. The van der Waals surface area contributed by atoms with Crippen LogP contribution in [0, 0.1) is 0 Å². The quantitative estimate of drug-likeness (QED) is 0.864. The Morgan fingerprint density at radius 3 is 2.50 bits per heavy atom. The Morgan fingerprint density at radius 2 is 1.85 bits per heavy atom. The van der Waals surface area contributed by atoms with E-state index in [4.69, 9.17) is 44.6 Å². The molecule has 0 aromatic heterocycles. The standard InChI is InChI=1S/C14H9Cl3O3/c15-10-2-1-3-12(13(10)17)20-7-9-5-4-8(14(18)19)6-11(9)16/h1-6H,7H2,(H,18,19). The number of hydrogen-bond acceptors (Lipinski definition) is 2. The average Bonchev–Trinajstić information content (AvgIpc) is 2.41. The smallest absolute Gasteiger partial charge is 0.335 e. The van der Waals surface area contributed by atoms with Crippen LogP contribution in [0.15, 0.2) is 36.4 Å². The van der Waals surface area contributed by atoms with Crippen molar-refractivity contribution in [2.75, 3.05) is 0 Å². The second-order valence-electron chi connectivity index (χ2n) is 3.95. The first-order valence-electron chi connectivity index (χ1n) is 5.57. The van der Waals surface area contributed by atoms with Gasteiger partial charge in [-0.2, -0.15) is 0 Å². The molecule has 0 fully saturated rings. The molecule has 0 aliphatic carbocycles. The number of ether oxygens (including phenoxy) is 1. The Morgan fingerprint density at radius 1 is 1.10 bits per heavy atom. The summed E-state index contributed by atoms with van der Waals surface area (Å²) in [5.41, 5.74) is 0.784. The summed E-state index contributed by atoms with van der Waals surface area (Å²) in [5, 5.41) is 9.90. The highest BCUT2D eigenvalue weighted by molar-refractivity contribution is 6.42. The van der Waals surface area contributed by atoms with Crippen LogP contribution in [0.4, 0.5) is 0 Å². The van der Waals surface area contributed by atoms with Crippen LogP contribution in [0.3, 0.4) is 0 Å². The normalized spacial score (nSPS) is 10.3. The van der Waals surface area contributed by atoms with Gasteiger partial charge >= 0.3 is 5.97 Å². The van der Waals surface area contributed by atoms with Gasteiger partial charge in [0, 0.05) is 10.6 Å². The zero-order valence-corrected chi connectivity index (χ0v) is 12.3. The lowest BCUT2D eigenvalue weighted by Crippen LogP contribution is -2.00. The lowest BCUT2D eigenvalue weighted by molar-refractivity contribution is 0.0697. The maximum Gasteiger partial charge on any atom is 0.335 e. The molecule has 20 heavy (non-hydrogen) atoms. The van der Waals surface area contributed by atoms with Gasteiger partial charge in [-0.05, 0) is 24.3 Å². The summed E-state index contributed by atoms with van der Waals surface area (Å²) in [5.74, 6) is -0.588. The van der Waals surface area contributed by atoms with Gasteiger partial charge < -0.3 is 9.84 Å². The number of aromatic carboxylic acids is 1. The SMILES string of the molecule is O=C(O)c1ccc(COc2cccc(Cl)c2Cl)c(Cl)c1. The fourth-order valence-electron chi connectivity index (χ4n) is 1.55. The molecule has 0 aliphatic rings. The molecule has 1 N–H and O–H groups in total. The summed E-state index contributed by atoms with van der Waals surface area (Å²) in [6, 6.07) is 9.51. The number of carbonyl (C=O) groups is 1. The van der Waals surface area contributed by atoms with Gasteiger partial charge in [-0.25, -0.2) is 4.79 Å². The zero-order chi connectivity index (χ0) is 14.7. The first kappa shape index (κ1) is 15.0. The molecule has 0 atom stereocenters. The molecule has 0 saturated heterocycles. The summed E-state index contributed by atoms with van der Waals surface area (Å²) in [6.07, 6.45) is 0. The molecule has 104 valence electrons. The van der Waals surface area contributed by atoms with Gasteiger partial charge in [0.25, 0.3) is 0 Å². The number of carboxylic acids is 1. The molecule has 2 aromatic carbocycles. The van der Waals surface area contributed by atoms with Crippen LogP contribution in [0.2, 0.25) is 15.1 Å². The molecule has 0 amide bonds. The van der Waals surface area contributed by atoms with E-state index >= 15 is 0 Å². The molecular weight excluding hydrogens is 323 g/mol. The summed E-state index contributed by atoms with van der Waals surface area (Å²) in [4.78, 5) is 10.8. The maximum atomic E-state index is 10.8. The molecular formula is C14H9Cl3O3. The van der Waals surface area contributed by atoms with Crippen LogP contribution in [-0.4, -0.2) is 11.1 Å². The molecule has 0 bridgehead atoms. The highest BCUT2D eigenvalue weighted by atomic mass is 35.5. The van der Waals surface area contributed by atoms with Crippen LogP contribution >= 0.6 is 34.8 Å². The molecule has 0 saturated carbocycles. The maximum absolute atomic E-state index is 10.8. The van der Waals surface area contributed by atoms with E-state index in [1.165, 1.54) is 12.1 Å². The van der Waals surface area contributed by atoms with E-state index in [1.54, 1.807) is 24.3 Å². The van der Waals surface area contributed by atoms with Crippen molar-refractivity contribution in [3.05, 3.63) is 62.6 Å². The molecule has 0 aliphatic heterocycles. The van der Waals surface area contributed by atoms with E-state index in [2.05, 4.69) is 0 Å². The van der Waals surface area contributed by atoms with Crippen LogP contribution in [0.25, 0.3) is 0 Å². The zero-order valence-electron chi connectivity index (χ0n) is 10.1. The summed E-state index contributed by atoms with van der Waals surface area (Å²) < 4.78 is 5.54. The molecule has 6 heteroatoms. The second kappa shape index (κ2) is 6.35. The van der Waals surface area contributed by atoms with E-state index in [1.807, 2.05) is 0 Å². The highest BCUT2D eigenvalue weighted by Gasteiger charge is 2.09. The molecule has 0 heterocycles. The molecule has 3 nitrogen and oxygen atoms in total. The topological polar surface area (TPSA) is 46.5 Å². The number of hydrogen-bond donors (Lipinski definition) is 1. The van der Waals surface area contributed by atoms with Crippen LogP contribution in [0.1, 0.15) is 15.9 Å². The number of halogens is 3. The first-order chi connectivity index (χ1) is 9.49. The minimum atomic E-state index is -1.03. The molecule has 2 rings (SSSR count). The van der Waals surface area contributed by atoms with E-state index in [0.717, 1.165) is 0 Å². The van der Waals surface area contributed by atoms with Crippen molar-refractivity contribution in [1.82, 2.24) is 0 Å². The van der Waals surface area contributed by atoms with Crippen molar-refractivity contribution in [2.24, 2.45) is 0 Å². The summed E-state index contributed by atoms with van der Waals surface area (Å²) in [6.45, 7) is 0.165. The monoisotopic (exact) mass is 330 g/mol. The predicted molar refractivity (Wildman–Crippen MR) is 79.2 cm³/mol. The van der Waals surface area contributed by atoms with Crippen molar-refractivity contribution in [2.45, 2.75) is 6.61 Å². The van der Waals surface area contributed by atoms with Crippen molar-refractivity contribution < 1.29 is 14.6 Å². The van der Waals surface area contributed by atoms with Gasteiger partial charge in [-0.3, -0.25) is 0 Å². The Bertz CT molecular complexity index is 656. The minimum Gasteiger partial charge on any atom is -0.487 e. The molecule has 0 spiro atoms. The lowest BCUT2D eigenvalue weighted by Gasteiger charge is -2.10. The third-order valence-electron chi connectivity index (χ3n) is 2.60. The highest BCUT2D eigenvalue weighted by Crippen LogP contribution is 2.32. The number of carboxylic acid groups (broad SMARTS) is 1. The van der Waals surface area contributed by atoms with E-state index < -0.39 is 5.97 Å². The van der Waals surface area contributed by atoms with Gasteiger partial charge in [-0.1, -0.05) is 46.9 Å². The molecule has 0 radical (unpaired) electrons. The third kappa shape index (κ3) is 3.37. The van der Waals surface area contributed by atoms with Gasteiger partial charge in [0.15, 0.2) is 0 Å². The average molecular weight is 332 g/mol. The van der Waals surface area contributed by atoms with Gasteiger partial charge in [0.05, 0.1) is 10.6 Å². The van der Waals surface area contributed by atoms with Crippen molar-refractivity contribution >= 4 is 40.8 Å². The number of rotatable bonds is 4. The van der Waals surface area contributed by atoms with E-state index in [9.17, 15) is 4.79 Å². The fraction of sp³-hybridized carbons (Fsp3) is 0.0714. The molecule has 0 unspecified atom stereocenters. The fourth-order valence-corrected chi connectivity index (χ4v) is 2.13. The largest absolute Gasteiger partial charge is 0.487 e. The second-order valence-corrected chi connectivity index (χ2v) is 5.14. The van der Waals surface area contributed by atoms with Crippen molar-refractivity contribution in [3.63, 3.8) is 0 Å². The molecule has 2 aromatic rings. The van der Waals surface area contributed by atoms with Gasteiger partial charge in [-0.15, -0.1) is 0 Å². The van der Waals surface area contributed by atoms with Crippen molar-refractivity contribution in [3.8, 4) is 5.75 Å². The van der Waals surface area contributed by atoms with Crippen LogP contribution < -0.4 is 4.74 Å². The Kier molecular flexibility index (Phi) is 4.76. The first-order valence-corrected chi connectivity index (χ1v) is 6.71. The van der Waals surface area contributed by atoms with Crippen LogP contribution in [-0.2, 0) is 6.61 Å². The van der Waals surface area contributed by atoms with Gasteiger partial charge in [0.2, 0.25) is 0 Å².